The summed E-state index contributed by atoms with van der Waals surface area (Å²) in [7, 11) is 0. The molecule has 1 aliphatic carbocycles. The molecule has 1 saturated carbocycles. The summed E-state index contributed by atoms with van der Waals surface area (Å²) in [6.07, 6.45) is 3.46. The van der Waals surface area contributed by atoms with Crippen molar-refractivity contribution in [1.82, 2.24) is 10.2 Å². The van der Waals surface area contributed by atoms with Crippen molar-refractivity contribution in [2.45, 2.75) is 38.5 Å². The van der Waals surface area contributed by atoms with Crippen LogP contribution < -0.4 is 0 Å². The van der Waals surface area contributed by atoms with Gasteiger partial charge in [-0.2, -0.15) is 5.10 Å². The minimum absolute atomic E-state index is 0.415. The molecule has 3 rings (SSSR count). The number of aromatic amines is 1. The van der Waals surface area contributed by atoms with E-state index < -0.39 is 0 Å². The Bertz CT molecular complexity index is 561. The molecule has 0 aliphatic heterocycles. The molecule has 17 heavy (non-hydrogen) atoms. The molecule has 0 atom stereocenters. The number of Topliss-reactive ketones (excluding diaryl/α,β-unsaturated/α-hetero) is 1. The lowest BCUT2D eigenvalue weighted by atomic mass is 9.83. The first kappa shape index (κ1) is 10.5. The quantitative estimate of drug-likeness (QED) is 0.815. The first-order valence-electron chi connectivity index (χ1n) is 6.20. The van der Waals surface area contributed by atoms with Crippen LogP contribution in [-0.4, -0.2) is 16.0 Å². The second-order valence-electron chi connectivity index (χ2n) is 4.94. The Morgan fingerprint density at radius 2 is 2.06 bits per heavy atom. The predicted molar refractivity (Wildman–Crippen MR) is 67.0 cm³/mol. The van der Waals surface area contributed by atoms with Gasteiger partial charge in [0, 0.05) is 23.9 Å². The Morgan fingerprint density at radius 1 is 1.29 bits per heavy atom. The Hall–Kier alpha value is -1.64. The summed E-state index contributed by atoms with van der Waals surface area (Å²) in [5, 5.41) is 8.50. The number of hydrogen-bond acceptors (Lipinski definition) is 2. The van der Waals surface area contributed by atoms with Crippen LogP contribution in [0.2, 0.25) is 0 Å². The lowest BCUT2D eigenvalue weighted by molar-refractivity contribution is -0.120. The Morgan fingerprint density at radius 3 is 2.82 bits per heavy atom. The Kier molecular flexibility index (Phi) is 2.46. The molecule has 1 aliphatic rings. The molecule has 1 N–H and O–H groups in total. The molecule has 88 valence electrons. The lowest BCUT2D eigenvalue weighted by Gasteiger charge is -2.21. The SMILES string of the molecule is Cc1[nH]nc2cc(C3CCC(=O)CC3)ccc12. The number of carbonyl (C=O) groups excluding carboxylic acids is 1. The molecule has 2 aromatic rings. The molecule has 0 spiro atoms. The van der Waals surface area contributed by atoms with Gasteiger partial charge >= 0.3 is 0 Å². The van der Waals surface area contributed by atoms with Gasteiger partial charge in [0.05, 0.1) is 5.52 Å². The Balaban J connectivity index is 1.92. The van der Waals surface area contributed by atoms with Crippen molar-refractivity contribution in [2.24, 2.45) is 0 Å². The van der Waals surface area contributed by atoms with Gasteiger partial charge < -0.3 is 0 Å². The number of rotatable bonds is 1. The predicted octanol–water partition coefficient (Wildman–Crippen LogP) is 3.10. The molecule has 0 radical (unpaired) electrons. The number of carbonyl (C=O) groups is 1. The molecule has 3 nitrogen and oxygen atoms in total. The number of benzene rings is 1. The average Bonchev–Trinajstić information content (AvgIpc) is 2.72. The van der Waals surface area contributed by atoms with Gasteiger partial charge in [-0.15, -0.1) is 0 Å². The summed E-state index contributed by atoms with van der Waals surface area (Å²) in [4.78, 5) is 11.2. The number of H-pyrrole nitrogens is 1. The molecule has 1 heterocycles. The molecule has 0 bridgehead atoms. The maximum absolute atomic E-state index is 11.2. The summed E-state index contributed by atoms with van der Waals surface area (Å²) in [5.74, 6) is 0.951. The number of nitrogens with one attached hydrogen (secondary N) is 1. The lowest BCUT2D eigenvalue weighted by Crippen LogP contribution is -2.12. The summed E-state index contributed by atoms with van der Waals surface area (Å²) in [6, 6.07) is 6.49. The van der Waals surface area contributed by atoms with E-state index in [4.69, 9.17) is 0 Å². The first-order chi connectivity index (χ1) is 8.24. The number of nitrogens with zero attached hydrogens (tertiary/aromatic N) is 1. The van der Waals surface area contributed by atoms with E-state index in [1.165, 1.54) is 10.9 Å². The van der Waals surface area contributed by atoms with Crippen LogP contribution in [0.25, 0.3) is 10.9 Å². The van der Waals surface area contributed by atoms with Crippen LogP contribution in [0.1, 0.15) is 42.9 Å². The van der Waals surface area contributed by atoms with Gasteiger partial charge in [-0.05, 0) is 37.3 Å². The van der Waals surface area contributed by atoms with Gasteiger partial charge in [0.25, 0.3) is 0 Å². The van der Waals surface area contributed by atoms with Gasteiger partial charge in [0.2, 0.25) is 0 Å². The molecule has 0 saturated heterocycles. The molecular formula is C14H16N2O. The molecule has 0 amide bonds. The summed E-state index contributed by atoms with van der Waals surface area (Å²) >= 11 is 0. The molecule has 3 heteroatoms. The van der Waals surface area contributed by atoms with Crippen molar-refractivity contribution in [3.63, 3.8) is 0 Å². The fourth-order valence-corrected chi connectivity index (χ4v) is 2.69. The molecule has 0 unspecified atom stereocenters. The zero-order chi connectivity index (χ0) is 11.8. The van der Waals surface area contributed by atoms with E-state index in [2.05, 4.69) is 28.4 Å². The van der Waals surface area contributed by atoms with E-state index in [0.29, 0.717) is 11.7 Å². The number of hydrogen-bond donors (Lipinski definition) is 1. The smallest absolute Gasteiger partial charge is 0.132 e. The normalized spacial score (nSPS) is 17.8. The zero-order valence-corrected chi connectivity index (χ0v) is 9.99. The highest BCUT2D eigenvalue weighted by molar-refractivity contribution is 5.82. The van der Waals surface area contributed by atoms with Crippen LogP contribution in [0, 0.1) is 6.92 Å². The van der Waals surface area contributed by atoms with Crippen LogP contribution in [0.15, 0.2) is 18.2 Å². The fourth-order valence-electron chi connectivity index (χ4n) is 2.69. The van der Waals surface area contributed by atoms with Crippen LogP contribution in [0.3, 0.4) is 0 Å². The second kappa shape index (κ2) is 3.99. The highest BCUT2D eigenvalue weighted by Crippen LogP contribution is 2.32. The summed E-state index contributed by atoms with van der Waals surface area (Å²) in [6.45, 7) is 2.04. The largest absolute Gasteiger partial charge is 0.300 e. The summed E-state index contributed by atoms with van der Waals surface area (Å²) < 4.78 is 0. The third kappa shape index (κ3) is 1.86. The van der Waals surface area contributed by atoms with Crippen LogP contribution >= 0.6 is 0 Å². The second-order valence-corrected chi connectivity index (χ2v) is 4.94. The number of aromatic nitrogens is 2. The van der Waals surface area contributed by atoms with Crippen LogP contribution in [0.4, 0.5) is 0 Å². The molecular weight excluding hydrogens is 212 g/mol. The van der Waals surface area contributed by atoms with Crippen molar-refractivity contribution in [1.29, 1.82) is 0 Å². The highest BCUT2D eigenvalue weighted by atomic mass is 16.1. The topological polar surface area (TPSA) is 45.8 Å². The van der Waals surface area contributed by atoms with E-state index in [9.17, 15) is 4.79 Å². The van der Waals surface area contributed by atoms with Crippen molar-refractivity contribution in [3.05, 3.63) is 29.5 Å². The molecule has 1 aromatic carbocycles. The third-order valence-electron chi connectivity index (χ3n) is 3.78. The number of fused-ring (bicyclic) bond motifs is 1. The number of ketones is 1. The van der Waals surface area contributed by atoms with Crippen molar-refractivity contribution >= 4 is 16.7 Å². The van der Waals surface area contributed by atoms with Gasteiger partial charge in [0.15, 0.2) is 0 Å². The van der Waals surface area contributed by atoms with E-state index in [1.807, 2.05) is 6.92 Å². The maximum Gasteiger partial charge on any atom is 0.132 e. The van der Waals surface area contributed by atoms with Gasteiger partial charge in [-0.3, -0.25) is 9.89 Å². The summed E-state index contributed by atoms with van der Waals surface area (Å²) in [5.41, 5.74) is 3.48. The van der Waals surface area contributed by atoms with Gasteiger partial charge in [-0.1, -0.05) is 12.1 Å². The van der Waals surface area contributed by atoms with Crippen molar-refractivity contribution in [2.75, 3.05) is 0 Å². The third-order valence-corrected chi connectivity index (χ3v) is 3.78. The number of aryl methyl sites for hydroxylation is 1. The average molecular weight is 228 g/mol. The standard InChI is InChI=1S/C14H16N2O/c1-9-13-7-4-11(8-14(13)16-15-9)10-2-5-12(17)6-3-10/h4,7-8,10H,2-3,5-6H2,1H3,(H,15,16). The van der Waals surface area contributed by atoms with Gasteiger partial charge in [-0.25, -0.2) is 0 Å². The maximum atomic E-state index is 11.2. The van der Waals surface area contributed by atoms with E-state index in [0.717, 1.165) is 36.9 Å². The van der Waals surface area contributed by atoms with E-state index in [-0.39, 0.29) is 0 Å². The fraction of sp³-hybridized carbons (Fsp3) is 0.429. The minimum atomic E-state index is 0.415. The Labute approximate surface area is 100 Å². The van der Waals surface area contributed by atoms with Gasteiger partial charge in [0.1, 0.15) is 5.78 Å². The van der Waals surface area contributed by atoms with Crippen molar-refractivity contribution in [3.8, 4) is 0 Å². The van der Waals surface area contributed by atoms with Crippen LogP contribution in [-0.2, 0) is 4.79 Å². The first-order valence-corrected chi connectivity index (χ1v) is 6.20. The van der Waals surface area contributed by atoms with Crippen LogP contribution in [0.5, 0.6) is 0 Å². The highest BCUT2D eigenvalue weighted by Gasteiger charge is 2.20. The molecule has 1 fully saturated rings. The van der Waals surface area contributed by atoms with E-state index in [1.54, 1.807) is 0 Å². The monoisotopic (exact) mass is 228 g/mol. The zero-order valence-electron chi connectivity index (χ0n) is 9.99. The minimum Gasteiger partial charge on any atom is -0.300 e. The van der Waals surface area contributed by atoms with E-state index >= 15 is 0 Å². The van der Waals surface area contributed by atoms with Crippen molar-refractivity contribution < 1.29 is 4.79 Å². The molecule has 1 aromatic heterocycles.